The van der Waals surface area contributed by atoms with Gasteiger partial charge in [-0.15, -0.1) is 0 Å². The van der Waals surface area contributed by atoms with Crippen molar-refractivity contribution in [2.24, 2.45) is 0 Å². The first-order chi connectivity index (χ1) is 10.6. The van der Waals surface area contributed by atoms with E-state index in [2.05, 4.69) is 57.5 Å². The predicted molar refractivity (Wildman–Crippen MR) is 90.7 cm³/mol. The molecule has 1 unspecified atom stereocenters. The first-order valence-electron chi connectivity index (χ1n) is 7.92. The zero-order chi connectivity index (χ0) is 15.9. The Kier molecular flexibility index (Phi) is 8.71. The van der Waals surface area contributed by atoms with Crippen LogP contribution < -0.4 is 5.32 Å². The summed E-state index contributed by atoms with van der Waals surface area (Å²) in [5.41, 5.74) is 1.37. The van der Waals surface area contributed by atoms with Gasteiger partial charge in [-0.1, -0.05) is 37.3 Å². The Balaban J connectivity index is 0.00000264. The van der Waals surface area contributed by atoms with Crippen molar-refractivity contribution < 1.29 is 32.7 Å². The monoisotopic (exact) mass is 386 g/mol. The number of rotatable bonds is 7. The average molecular weight is 386 g/mol. The average Bonchev–Trinajstić information content (AvgIpc) is 2.51. The molecule has 0 aliphatic carbocycles. The first kappa shape index (κ1) is 20.0. The van der Waals surface area contributed by atoms with Crippen molar-refractivity contribution in [2.75, 3.05) is 5.32 Å². The largest absolute Gasteiger partial charge is 0.351 e. The third kappa shape index (κ3) is 6.56. The fourth-order valence-corrected chi connectivity index (χ4v) is 2.32. The molecule has 0 amide bonds. The number of hydrogen-bond acceptors (Lipinski definition) is 4. The Bertz CT molecular complexity index is 587. The molecule has 4 nitrogen and oxygen atoms in total. The van der Waals surface area contributed by atoms with Gasteiger partial charge in [0.25, 0.3) is 0 Å². The van der Waals surface area contributed by atoms with Gasteiger partial charge < -0.3 is 11.2 Å². The molecule has 1 N–H and O–H groups in total. The molecule has 0 saturated carbocycles. The van der Waals surface area contributed by atoms with Gasteiger partial charge >= 0.3 is 0 Å². The predicted octanol–water partition coefficient (Wildman–Crippen LogP) is 3.96. The fourth-order valence-electron chi connectivity index (χ4n) is 2.32. The van der Waals surface area contributed by atoms with Crippen LogP contribution in [0.4, 0.5) is 5.95 Å². The number of aryl methyl sites for hydroxylation is 2. The van der Waals surface area contributed by atoms with Crippen LogP contribution in [0.15, 0.2) is 30.3 Å². The molecule has 2 aromatic rings. The van der Waals surface area contributed by atoms with Crippen LogP contribution in [0, 0.1) is 12.8 Å². The van der Waals surface area contributed by atoms with Gasteiger partial charge in [0.1, 0.15) is 5.82 Å². The van der Waals surface area contributed by atoms with Crippen LogP contribution in [0.2, 0.25) is 0 Å². The molecule has 0 fully saturated rings. The molecule has 0 aliphatic rings. The number of hydrogen-bond donors (Lipinski definition) is 1. The van der Waals surface area contributed by atoms with Crippen LogP contribution in [0.3, 0.4) is 0 Å². The van der Waals surface area contributed by atoms with Crippen molar-refractivity contribution in [1.82, 2.24) is 15.0 Å². The summed E-state index contributed by atoms with van der Waals surface area (Å²) < 4.78 is 0. The minimum Gasteiger partial charge on any atom is -0.351 e. The molecule has 121 valence electrons. The first-order valence-corrected chi connectivity index (χ1v) is 7.92. The van der Waals surface area contributed by atoms with Crippen molar-refractivity contribution in [3.05, 3.63) is 53.5 Å². The van der Waals surface area contributed by atoms with E-state index >= 15 is 0 Å². The molecule has 1 atom stereocenters. The van der Waals surface area contributed by atoms with Gasteiger partial charge in [0, 0.05) is 44.6 Å². The van der Waals surface area contributed by atoms with Gasteiger partial charge in [-0.25, -0.2) is 4.98 Å². The molecule has 23 heavy (non-hydrogen) atoms. The van der Waals surface area contributed by atoms with Gasteiger partial charge in [-0.2, -0.15) is 18.8 Å². The molecular weight excluding hydrogens is 361 g/mol. The summed E-state index contributed by atoms with van der Waals surface area (Å²) >= 11 is 0. The number of benzene rings is 1. The molecule has 1 aromatic carbocycles. The van der Waals surface area contributed by atoms with E-state index in [1.807, 2.05) is 20.8 Å². The van der Waals surface area contributed by atoms with Crippen LogP contribution in [0.1, 0.15) is 50.8 Å². The van der Waals surface area contributed by atoms with Gasteiger partial charge in [0.15, 0.2) is 0 Å². The molecule has 1 radical (unpaired) electrons. The molecule has 0 bridgehead atoms. The molecule has 5 heteroatoms. The van der Waals surface area contributed by atoms with E-state index in [1.54, 1.807) is 0 Å². The maximum absolute atomic E-state index is 4.51. The summed E-state index contributed by atoms with van der Waals surface area (Å²) in [6, 6.07) is 10.9. The maximum Gasteiger partial charge on any atom is 0.223 e. The van der Waals surface area contributed by atoms with Gasteiger partial charge in [0.05, 0.1) is 0 Å². The van der Waals surface area contributed by atoms with E-state index < -0.39 is 0 Å². The zero-order valence-corrected chi connectivity index (χ0v) is 17.3. The van der Waals surface area contributed by atoms with Crippen molar-refractivity contribution >= 4 is 5.95 Å². The summed E-state index contributed by atoms with van der Waals surface area (Å²) in [7, 11) is 0. The minimum absolute atomic E-state index is 0. The van der Waals surface area contributed by atoms with Crippen molar-refractivity contribution in [1.29, 1.82) is 0 Å². The van der Waals surface area contributed by atoms with E-state index in [1.165, 1.54) is 5.56 Å². The minimum atomic E-state index is 0. The Hall–Kier alpha value is -0.996. The third-order valence-electron chi connectivity index (χ3n) is 3.64. The number of nitrogens with zero attached hydrogens (tertiary/aromatic N) is 3. The van der Waals surface area contributed by atoms with E-state index in [0.29, 0.717) is 12.0 Å². The van der Waals surface area contributed by atoms with Gasteiger partial charge in [0.2, 0.25) is 5.95 Å². The SMILES string of the molecule is CCC(CCc1ccccc1)Nc1nc(C)nc([C-](C)C)n1.[Y]. The topological polar surface area (TPSA) is 50.7 Å². The second-order valence-corrected chi connectivity index (χ2v) is 5.80. The molecule has 0 aliphatic heterocycles. The Morgan fingerprint density at radius 3 is 2.39 bits per heavy atom. The quantitative estimate of drug-likeness (QED) is 0.732. The summed E-state index contributed by atoms with van der Waals surface area (Å²) in [5, 5.41) is 3.46. The Morgan fingerprint density at radius 1 is 1.09 bits per heavy atom. The van der Waals surface area contributed by atoms with E-state index in [-0.39, 0.29) is 32.7 Å². The normalized spacial score (nSPS) is 11.5. The summed E-state index contributed by atoms with van der Waals surface area (Å²) in [5.74, 6) is 3.31. The molecular formula is C18H25N4Y-. The van der Waals surface area contributed by atoms with Crippen molar-refractivity contribution in [2.45, 2.75) is 53.0 Å². The van der Waals surface area contributed by atoms with Crippen molar-refractivity contribution in [3.63, 3.8) is 0 Å². The molecule has 0 saturated heterocycles. The standard InChI is InChI=1S/C18H25N4.Y/c1-5-16(12-11-15-9-7-6-8-10-15)21-18-20-14(4)19-17(22-18)13(2)3;/h6-10,16H,5,11-12H2,1-4H3,(H,19,20,21,22);/q-1;. The van der Waals surface area contributed by atoms with Crippen LogP contribution in [-0.2, 0) is 39.1 Å². The number of aromatic nitrogens is 3. The van der Waals surface area contributed by atoms with Crippen molar-refractivity contribution in [3.8, 4) is 0 Å². The summed E-state index contributed by atoms with van der Waals surface area (Å²) in [6.07, 6.45) is 3.17. The number of anilines is 1. The molecule has 1 heterocycles. The Labute approximate surface area is 164 Å². The van der Waals surface area contributed by atoms with E-state index in [9.17, 15) is 0 Å². The second kappa shape index (κ2) is 9.99. The van der Waals surface area contributed by atoms with E-state index in [0.717, 1.165) is 36.8 Å². The molecule has 1 aromatic heterocycles. The third-order valence-corrected chi connectivity index (χ3v) is 3.64. The van der Waals surface area contributed by atoms with E-state index in [4.69, 9.17) is 0 Å². The maximum atomic E-state index is 4.51. The Morgan fingerprint density at radius 2 is 1.78 bits per heavy atom. The fraction of sp³-hybridized carbons (Fsp3) is 0.444. The zero-order valence-electron chi connectivity index (χ0n) is 14.5. The van der Waals surface area contributed by atoms with Crippen LogP contribution in [0.25, 0.3) is 0 Å². The van der Waals surface area contributed by atoms with Crippen LogP contribution in [0.5, 0.6) is 0 Å². The summed E-state index contributed by atoms with van der Waals surface area (Å²) in [6.45, 7) is 8.13. The second-order valence-electron chi connectivity index (χ2n) is 5.80. The van der Waals surface area contributed by atoms with Gasteiger partial charge in [-0.3, -0.25) is 4.98 Å². The van der Waals surface area contributed by atoms with Gasteiger partial charge in [-0.05, 0) is 31.7 Å². The number of nitrogens with one attached hydrogen (secondary N) is 1. The molecule has 2 rings (SSSR count). The summed E-state index contributed by atoms with van der Waals surface area (Å²) in [4.78, 5) is 13.3. The smallest absolute Gasteiger partial charge is 0.223 e. The van der Waals surface area contributed by atoms with Crippen LogP contribution >= 0.6 is 0 Å². The molecule has 0 spiro atoms. The van der Waals surface area contributed by atoms with Crippen LogP contribution in [-0.4, -0.2) is 21.0 Å².